The fraction of sp³-hybridized carbons (Fsp3) is 0.111. The Morgan fingerprint density at radius 3 is 2.65 bits per heavy atom. The molecule has 0 atom stereocenters. The fourth-order valence-corrected chi connectivity index (χ4v) is 2.39. The van der Waals surface area contributed by atoms with Gasteiger partial charge in [-0.05, 0) is 36.2 Å². The number of aromatic hydroxyl groups is 1. The molecule has 5 heteroatoms. The first-order valence-electron chi connectivity index (χ1n) is 7.14. The number of hydrogen-bond acceptors (Lipinski definition) is 4. The van der Waals surface area contributed by atoms with Gasteiger partial charge in [-0.25, -0.2) is 4.79 Å². The summed E-state index contributed by atoms with van der Waals surface area (Å²) in [5.41, 5.74) is 0.922. The van der Waals surface area contributed by atoms with E-state index in [0.717, 1.165) is 5.56 Å². The van der Waals surface area contributed by atoms with E-state index in [1.54, 1.807) is 24.3 Å². The van der Waals surface area contributed by atoms with E-state index in [-0.39, 0.29) is 11.3 Å². The molecule has 1 aromatic heterocycles. The summed E-state index contributed by atoms with van der Waals surface area (Å²) >= 11 is 5.83. The normalized spacial score (nSPS) is 11.3. The van der Waals surface area contributed by atoms with Gasteiger partial charge in [0.05, 0.1) is 5.39 Å². The second-order valence-electron chi connectivity index (χ2n) is 5.06. The van der Waals surface area contributed by atoms with Gasteiger partial charge in [-0.1, -0.05) is 35.9 Å². The van der Waals surface area contributed by atoms with Crippen LogP contribution in [0.25, 0.3) is 11.0 Å². The lowest BCUT2D eigenvalue weighted by atomic mass is 10.1. The summed E-state index contributed by atoms with van der Waals surface area (Å²) in [6, 6.07) is 14.3. The molecule has 1 heterocycles. The van der Waals surface area contributed by atoms with Gasteiger partial charge in [-0.2, -0.15) is 0 Å². The Hall–Kier alpha value is -2.59. The quantitative estimate of drug-likeness (QED) is 0.585. The number of benzene rings is 2. The summed E-state index contributed by atoms with van der Waals surface area (Å²) < 4.78 is 5.18. The zero-order chi connectivity index (χ0) is 16.2. The van der Waals surface area contributed by atoms with E-state index in [9.17, 15) is 9.90 Å². The standard InChI is InChI=1S/C18H14ClNO3/c19-13-7-5-12(6-8-13)9-10-20-11-15-17(21)14-3-1-2-4-16(14)23-18(15)22/h1-8,11,21H,9-10H2. The second-order valence-corrected chi connectivity index (χ2v) is 5.50. The van der Waals surface area contributed by atoms with Crippen molar-refractivity contribution in [3.63, 3.8) is 0 Å². The van der Waals surface area contributed by atoms with E-state index in [0.29, 0.717) is 29.0 Å². The van der Waals surface area contributed by atoms with E-state index in [1.165, 1.54) is 6.21 Å². The smallest absolute Gasteiger partial charge is 0.348 e. The van der Waals surface area contributed by atoms with E-state index in [2.05, 4.69) is 4.99 Å². The second kappa shape index (κ2) is 6.67. The summed E-state index contributed by atoms with van der Waals surface area (Å²) in [4.78, 5) is 16.1. The number of rotatable bonds is 4. The highest BCUT2D eigenvalue weighted by atomic mass is 35.5. The lowest BCUT2D eigenvalue weighted by molar-refractivity contribution is 0.466. The molecule has 0 saturated carbocycles. The van der Waals surface area contributed by atoms with Crippen LogP contribution in [0.15, 0.2) is 62.7 Å². The highest BCUT2D eigenvalue weighted by molar-refractivity contribution is 6.30. The Labute approximate surface area is 137 Å². The third-order valence-corrected chi connectivity index (χ3v) is 3.74. The van der Waals surface area contributed by atoms with Gasteiger partial charge in [0.2, 0.25) is 0 Å². The first-order chi connectivity index (χ1) is 11.1. The van der Waals surface area contributed by atoms with Crippen LogP contribution in [-0.4, -0.2) is 17.9 Å². The molecular weight excluding hydrogens is 314 g/mol. The average molecular weight is 328 g/mol. The molecule has 0 saturated heterocycles. The van der Waals surface area contributed by atoms with Crippen molar-refractivity contribution >= 4 is 28.8 Å². The van der Waals surface area contributed by atoms with Crippen LogP contribution in [0.2, 0.25) is 5.02 Å². The predicted octanol–water partition coefficient (Wildman–Crippen LogP) is 3.81. The maximum Gasteiger partial charge on any atom is 0.348 e. The summed E-state index contributed by atoms with van der Waals surface area (Å²) in [5, 5.41) is 11.4. The van der Waals surface area contributed by atoms with Gasteiger partial charge in [-0.15, -0.1) is 0 Å². The van der Waals surface area contributed by atoms with E-state index < -0.39 is 5.63 Å². The van der Waals surface area contributed by atoms with Gasteiger partial charge in [0.25, 0.3) is 0 Å². The van der Waals surface area contributed by atoms with Crippen LogP contribution in [0.3, 0.4) is 0 Å². The molecule has 0 spiro atoms. The van der Waals surface area contributed by atoms with Crippen LogP contribution in [-0.2, 0) is 6.42 Å². The van der Waals surface area contributed by atoms with E-state index >= 15 is 0 Å². The number of aliphatic imine (C=N–C) groups is 1. The molecule has 3 aromatic rings. The number of nitrogens with zero attached hydrogens (tertiary/aromatic N) is 1. The molecule has 2 aromatic carbocycles. The summed E-state index contributed by atoms with van der Waals surface area (Å²) in [6.45, 7) is 0.493. The van der Waals surface area contributed by atoms with E-state index in [4.69, 9.17) is 16.0 Å². The van der Waals surface area contributed by atoms with Crippen LogP contribution in [0.4, 0.5) is 0 Å². The third-order valence-electron chi connectivity index (χ3n) is 3.48. The highest BCUT2D eigenvalue weighted by Gasteiger charge is 2.11. The van der Waals surface area contributed by atoms with Gasteiger partial charge in [0.1, 0.15) is 16.9 Å². The van der Waals surface area contributed by atoms with Crippen LogP contribution < -0.4 is 5.63 Å². The maximum atomic E-state index is 11.9. The first kappa shape index (κ1) is 15.3. The molecular formula is C18H14ClNO3. The van der Waals surface area contributed by atoms with Gasteiger partial charge in [0, 0.05) is 17.8 Å². The molecule has 0 bridgehead atoms. The zero-order valence-corrected chi connectivity index (χ0v) is 13.0. The van der Waals surface area contributed by atoms with Crippen molar-refractivity contribution in [2.24, 2.45) is 4.99 Å². The number of halogens is 1. The SMILES string of the molecule is O=c1oc2ccccc2c(O)c1C=NCCc1ccc(Cl)cc1. The lowest BCUT2D eigenvalue weighted by Gasteiger charge is -2.02. The maximum absolute atomic E-state index is 11.9. The van der Waals surface area contributed by atoms with Gasteiger partial charge < -0.3 is 9.52 Å². The lowest BCUT2D eigenvalue weighted by Crippen LogP contribution is -2.07. The van der Waals surface area contributed by atoms with Gasteiger partial charge in [0.15, 0.2) is 0 Å². The minimum atomic E-state index is -0.601. The van der Waals surface area contributed by atoms with Crippen LogP contribution in [0, 0.1) is 0 Å². The average Bonchev–Trinajstić information content (AvgIpc) is 2.55. The molecule has 0 radical (unpaired) electrons. The Morgan fingerprint density at radius 2 is 1.87 bits per heavy atom. The monoisotopic (exact) mass is 327 g/mol. The molecule has 0 amide bonds. The van der Waals surface area contributed by atoms with Crippen molar-refractivity contribution in [3.05, 3.63) is 75.1 Å². The van der Waals surface area contributed by atoms with Crippen molar-refractivity contribution < 1.29 is 9.52 Å². The van der Waals surface area contributed by atoms with Gasteiger partial charge in [-0.3, -0.25) is 4.99 Å². The minimum Gasteiger partial charge on any atom is -0.506 e. The van der Waals surface area contributed by atoms with Crippen molar-refractivity contribution in [2.45, 2.75) is 6.42 Å². The minimum absolute atomic E-state index is 0.0693. The first-order valence-corrected chi connectivity index (χ1v) is 7.52. The van der Waals surface area contributed by atoms with Gasteiger partial charge >= 0.3 is 5.63 Å². The Bertz CT molecular complexity index is 914. The summed E-state index contributed by atoms with van der Waals surface area (Å²) in [6.07, 6.45) is 2.08. The van der Waals surface area contributed by atoms with E-state index in [1.807, 2.05) is 24.3 Å². The Morgan fingerprint density at radius 1 is 1.13 bits per heavy atom. The van der Waals surface area contributed by atoms with Crippen molar-refractivity contribution in [1.29, 1.82) is 0 Å². The number of fused-ring (bicyclic) bond motifs is 1. The Balaban J connectivity index is 1.78. The molecule has 23 heavy (non-hydrogen) atoms. The molecule has 0 aliphatic heterocycles. The molecule has 0 aliphatic rings. The summed E-state index contributed by atoms with van der Waals surface area (Å²) in [7, 11) is 0. The van der Waals surface area contributed by atoms with Crippen LogP contribution >= 0.6 is 11.6 Å². The van der Waals surface area contributed by atoms with Crippen molar-refractivity contribution in [1.82, 2.24) is 0 Å². The fourth-order valence-electron chi connectivity index (χ4n) is 2.26. The molecule has 116 valence electrons. The molecule has 0 fully saturated rings. The van der Waals surface area contributed by atoms with Crippen LogP contribution in [0.1, 0.15) is 11.1 Å². The zero-order valence-electron chi connectivity index (χ0n) is 12.2. The molecule has 4 nitrogen and oxygen atoms in total. The van der Waals surface area contributed by atoms with Crippen molar-refractivity contribution in [3.8, 4) is 5.75 Å². The van der Waals surface area contributed by atoms with Crippen molar-refractivity contribution in [2.75, 3.05) is 6.54 Å². The Kier molecular flexibility index (Phi) is 4.44. The molecule has 0 aliphatic carbocycles. The molecule has 3 rings (SSSR count). The number of hydrogen-bond donors (Lipinski definition) is 1. The molecule has 0 unspecified atom stereocenters. The highest BCUT2D eigenvalue weighted by Crippen LogP contribution is 2.24. The summed E-state index contributed by atoms with van der Waals surface area (Å²) in [5.74, 6) is -0.105. The number of para-hydroxylation sites is 1. The van der Waals surface area contributed by atoms with Crippen LogP contribution in [0.5, 0.6) is 5.75 Å². The predicted molar refractivity (Wildman–Crippen MR) is 91.8 cm³/mol. The topological polar surface area (TPSA) is 62.8 Å². The molecule has 1 N–H and O–H groups in total. The third kappa shape index (κ3) is 3.43. The largest absolute Gasteiger partial charge is 0.506 e.